The van der Waals surface area contributed by atoms with Crippen LogP contribution in [0.4, 0.5) is 0 Å². The van der Waals surface area contributed by atoms with Crippen LogP contribution in [0.5, 0.6) is 0 Å². The van der Waals surface area contributed by atoms with Crippen molar-refractivity contribution in [1.82, 2.24) is 0 Å². The van der Waals surface area contributed by atoms with Gasteiger partial charge in [0, 0.05) is 5.92 Å². The Hall–Kier alpha value is -1.06. The van der Waals surface area contributed by atoms with Crippen LogP contribution in [-0.2, 0) is 14.9 Å². The van der Waals surface area contributed by atoms with Gasteiger partial charge in [-0.1, -0.05) is 6.92 Å². The average Bonchev–Trinajstić information content (AvgIpc) is 1.86. The highest BCUT2D eigenvalue weighted by Crippen LogP contribution is 1.83. The van der Waals surface area contributed by atoms with E-state index in [0.717, 1.165) is 0 Å². The molecule has 0 saturated carbocycles. The maximum atomic E-state index is 9.79. The smallest absolute Gasteiger partial charge is 0.381 e. The van der Waals surface area contributed by atoms with Crippen LogP contribution in [0.3, 0.4) is 0 Å². The van der Waals surface area contributed by atoms with E-state index in [-0.39, 0.29) is 5.75 Å². The molecule has 0 aliphatic rings. The van der Waals surface area contributed by atoms with E-state index in [2.05, 4.69) is 6.42 Å². The van der Waals surface area contributed by atoms with E-state index in [4.69, 9.17) is 14.5 Å². The van der Waals surface area contributed by atoms with Gasteiger partial charge in [-0.05, 0) is 6.42 Å². The number of carboxylic acids is 1. The first-order valence-electron chi connectivity index (χ1n) is 2.98. The number of terminal acetylenes is 1. The molecule has 0 unspecified atom stereocenters. The van der Waals surface area contributed by atoms with Gasteiger partial charge in [-0.25, -0.2) is 4.79 Å². The van der Waals surface area contributed by atoms with E-state index in [9.17, 15) is 8.42 Å². The summed E-state index contributed by atoms with van der Waals surface area (Å²) in [6, 6.07) is 0. The molecule has 0 radical (unpaired) electrons. The lowest BCUT2D eigenvalue weighted by Gasteiger charge is -1.85. The van der Waals surface area contributed by atoms with Gasteiger partial charge in [-0.15, -0.1) is 6.42 Å². The Balaban J connectivity index is 0. The molecule has 0 saturated heterocycles. The van der Waals surface area contributed by atoms with Crippen molar-refractivity contribution in [3.63, 3.8) is 0 Å². The SMILES string of the molecule is C#CC(=O)O.CCCS(=O)(=O)O. The molecule has 0 amide bonds. The number of aliphatic carboxylic acids is 1. The highest BCUT2D eigenvalue weighted by atomic mass is 32.2. The molecule has 0 heterocycles. The van der Waals surface area contributed by atoms with Crippen molar-refractivity contribution in [2.75, 3.05) is 5.75 Å². The van der Waals surface area contributed by atoms with Gasteiger partial charge in [0.15, 0.2) is 0 Å². The standard InChI is InChI=1S/C3H8O3S.C3H2O2/c1-2-3-7(4,5)6;1-2-3(4)5/h2-3H2,1H3,(H,4,5,6);1H,(H,4,5). The van der Waals surface area contributed by atoms with Crippen LogP contribution in [0.25, 0.3) is 0 Å². The summed E-state index contributed by atoms with van der Waals surface area (Å²) in [6.07, 6.45) is 4.79. The Kier molecular flexibility index (Phi) is 7.48. The lowest BCUT2D eigenvalue weighted by Crippen LogP contribution is -2.01. The minimum atomic E-state index is -3.67. The van der Waals surface area contributed by atoms with E-state index < -0.39 is 16.1 Å². The maximum absolute atomic E-state index is 9.79. The molecule has 0 aliphatic carbocycles. The quantitative estimate of drug-likeness (QED) is 0.476. The highest BCUT2D eigenvalue weighted by molar-refractivity contribution is 7.85. The Labute approximate surface area is 71.2 Å². The molecular weight excluding hydrogens is 184 g/mol. The molecule has 0 bridgehead atoms. The van der Waals surface area contributed by atoms with Crippen molar-refractivity contribution >= 4 is 16.1 Å². The molecule has 0 spiro atoms. The van der Waals surface area contributed by atoms with E-state index in [0.29, 0.717) is 6.42 Å². The lowest BCUT2D eigenvalue weighted by molar-refractivity contribution is -0.130. The minimum Gasteiger partial charge on any atom is -0.472 e. The first-order chi connectivity index (χ1) is 5.33. The molecule has 2 N–H and O–H groups in total. The molecule has 0 aromatic carbocycles. The van der Waals surface area contributed by atoms with E-state index in [1.54, 1.807) is 6.92 Å². The zero-order chi connectivity index (χ0) is 10.2. The second kappa shape index (κ2) is 6.64. The molecular formula is C6H10O5S. The first-order valence-corrected chi connectivity index (χ1v) is 4.59. The first kappa shape index (κ1) is 13.5. The number of hydrogen-bond donors (Lipinski definition) is 2. The summed E-state index contributed by atoms with van der Waals surface area (Å²) in [5.41, 5.74) is 0. The van der Waals surface area contributed by atoms with Gasteiger partial charge in [-0.3, -0.25) is 4.55 Å². The van der Waals surface area contributed by atoms with Crippen molar-refractivity contribution in [2.24, 2.45) is 0 Å². The Morgan fingerprint density at radius 2 is 1.92 bits per heavy atom. The third-order valence-electron chi connectivity index (χ3n) is 0.586. The largest absolute Gasteiger partial charge is 0.472 e. The Bertz CT molecular complexity index is 258. The van der Waals surface area contributed by atoms with E-state index in [1.165, 1.54) is 5.92 Å². The zero-order valence-corrected chi connectivity index (χ0v) is 7.34. The van der Waals surface area contributed by atoms with Gasteiger partial charge < -0.3 is 5.11 Å². The summed E-state index contributed by atoms with van der Waals surface area (Å²) in [6.45, 7) is 1.69. The molecule has 6 heteroatoms. The molecule has 70 valence electrons. The van der Waals surface area contributed by atoms with Gasteiger partial charge >= 0.3 is 5.97 Å². The van der Waals surface area contributed by atoms with Crippen molar-refractivity contribution in [3.8, 4) is 12.3 Å². The second-order valence-corrected chi connectivity index (χ2v) is 3.31. The lowest BCUT2D eigenvalue weighted by atomic mass is 10.6. The average molecular weight is 194 g/mol. The summed E-state index contributed by atoms with van der Waals surface area (Å²) in [5, 5.41) is 7.49. The maximum Gasteiger partial charge on any atom is 0.381 e. The van der Waals surface area contributed by atoms with Crippen LogP contribution in [-0.4, -0.2) is 29.8 Å². The van der Waals surface area contributed by atoms with Gasteiger partial charge in [-0.2, -0.15) is 8.42 Å². The molecule has 0 aromatic rings. The molecule has 0 aliphatic heterocycles. The van der Waals surface area contributed by atoms with Crippen LogP contribution in [0, 0.1) is 12.3 Å². The fraction of sp³-hybridized carbons (Fsp3) is 0.500. The third-order valence-corrected chi connectivity index (χ3v) is 1.51. The monoisotopic (exact) mass is 194 g/mol. The predicted molar refractivity (Wildman–Crippen MR) is 43.2 cm³/mol. The number of hydrogen-bond acceptors (Lipinski definition) is 3. The normalized spacial score (nSPS) is 9.08. The van der Waals surface area contributed by atoms with Crippen molar-refractivity contribution in [3.05, 3.63) is 0 Å². The molecule has 0 fully saturated rings. The molecule has 12 heavy (non-hydrogen) atoms. The minimum absolute atomic E-state index is 0.132. The van der Waals surface area contributed by atoms with Crippen molar-refractivity contribution in [2.45, 2.75) is 13.3 Å². The van der Waals surface area contributed by atoms with Crippen LogP contribution in [0.2, 0.25) is 0 Å². The predicted octanol–water partition coefficient (Wildman–Crippen LogP) is -0.0116. The molecule has 0 atom stereocenters. The van der Waals surface area contributed by atoms with Gasteiger partial charge in [0.2, 0.25) is 0 Å². The van der Waals surface area contributed by atoms with Crippen LogP contribution < -0.4 is 0 Å². The summed E-state index contributed by atoms with van der Waals surface area (Å²) in [4.78, 5) is 9.13. The second-order valence-electron chi connectivity index (χ2n) is 1.74. The Morgan fingerprint density at radius 1 is 1.58 bits per heavy atom. The highest BCUT2D eigenvalue weighted by Gasteiger charge is 1.98. The zero-order valence-electron chi connectivity index (χ0n) is 6.52. The topological polar surface area (TPSA) is 91.7 Å². The molecule has 0 aromatic heterocycles. The molecule has 5 nitrogen and oxygen atoms in total. The summed E-state index contributed by atoms with van der Waals surface area (Å²) in [5.74, 6) is 0.0949. The summed E-state index contributed by atoms with van der Waals surface area (Å²) >= 11 is 0. The number of rotatable bonds is 2. The van der Waals surface area contributed by atoms with E-state index in [1.807, 2.05) is 0 Å². The van der Waals surface area contributed by atoms with Gasteiger partial charge in [0.25, 0.3) is 10.1 Å². The number of carboxylic acid groups (broad SMARTS) is 1. The fourth-order valence-corrected chi connectivity index (χ4v) is 0.774. The fourth-order valence-electron chi connectivity index (χ4n) is 0.258. The van der Waals surface area contributed by atoms with Crippen LogP contribution >= 0.6 is 0 Å². The third kappa shape index (κ3) is 23.1. The van der Waals surface area contributed by atoms with E-state index >= 15 is 0 Å². The summed E-state index contributed by atoms with van der Waals surface area (Å²) < 4.78 is 27.6. The van der Waals surface area contributed by atoms with Crippen LogP contribution in [0.1, 0.15) is 13.3 Å². The number of carbonyl (C=O) groups is 1. The molecule has 0 rings (SSSR count). The van der Waals surface area contributed by atoms with Crippen molar-refractivity contribution in [1.29, 1.82) is 0 Å². The Morgan fingerprint density at radius 3 is 1.92 bits per heavy atom. The summed E-state index contributed by atoms with van der Waals surface area (Å²) in [7, 11) is -3.67. The van der Waals surface area contributed by atoms with Gasteiger partial charge in [0.05, 0.1) is 5.75 Å². The van der Waals surface area contributed by atoms with Gasteiger partial charge in [0.1, 0.15) is 0 Å². The van der Waals surface area contributed by atoms with Crippen LogP contribution in [0.15, 0.2) is 0 Å². The van der Waals surface area contributed by atoms with Crippen molar-refractivity contribution < 1.29 is 22.9 Å².